The summed E-state index contributed by atoms with van der Waals surface area (Å²) in [7, 11) is 0. The molecule has 0 aliphatic heterocycles. The standard InChI is InChI=1S/C17H22N2O/c1-12-8-13(2)10-15(9-12)19-17(20)16(11-18)14-6-4-3-5-7-14/h3-7,12-13,15-16H,8-10H2,1-2H3,(H,19,20). The Morgan fingerprint density at radius 3 is 2.35 bits per heavy atom. The molecule has 3 atom stereocenters. The normalized spacial score (nSPS) is 27.4. The highest BCUT2D eigenvalue weighted by Gasteiger charge is 2.28. The molecule has 1 amide bonds. The summed E-state index contributed by atoms with van der Waals surface area (Å²) in [6, 6.07) is 11.6. The zero-order chi connectivity index (χ0) is 14.5. The number of nitrogens with one attached hydrogen (secondary N) is 1. The van der Waals surface area contributed by atoms with Gasteiger partial charge in [0.25, 0.3) is 0 Å². The SMILES string of the molecule is CC1CC(C)CC(NC(=O)C(C#N)c2ccccc2)C1. The minimum Gasteiger partial charge on any atom is -0.352 e. The van der Waals surface area contributed by atoms with Crippen LogP contribution in [-0.2, 0) is 4.79 Å². The van der Waals surface area contributed by atoms with Gasteiger partial charge in [0.2, 0.25) is 5.91 Å². The number of benzene rings is 1. The first-order chi connectivity index (χ1) is 9.60. The van der Waals surface area contributed by atoms with Crippen LogP contribution < -0.4 is 5.32 Å². The van der Waals surface area contributed by atoms with Crippen LogP contribution in [0.5, 0.6) is 0 Å². The monoisotopic (exact) mass is 270 g/mol. The van der Waals surface area contributed by atoms with Crippen LogP contribution in [0.3, 0.4) is 0 Å². The number of hydrogen-bond acceptors (Lipinski definition) is 2. The Kier molecular flexibility index (Phi) is 4.79. The molecule has 1 aromatic carbocycles. The number of amides is 1. The molecule has 1 aliphatic carbocycles. The summed E-state index contributed by atoms with van der Waals surface area (Å²) in [5.74, 6) is 0.413. The Morgan fingerprint density at radius 2 is 1.80 bits per heavy atom. The Bertz CT molecular complexity index is 481. The third-order valence-electron chi connectivity index (χ3n) is 4.05. The fraction of sp³-hybridized carbons (Fsp3) is 0.529. The molecule has 106 valence electrons. The van der Waals surface area contributed by atoms with Gasteiger partial charge in [0.1, 0.15) is 5.92 Å². The van der Waals surface area contributed by atoms with Crippen molar-refractivity contribution in [1.29, 1.82) is 5.26 Å². The molecule has 1 saturated carbocycles. The molecule has 0 heterocycles. The number of nitrogens with zero attached hydrogens (tertiary/aromatic N) is 1. The maximum absolute atomic E-state index is 12.3. The average Bonchev–Trinajstić information content (AvgIpc) is 2.39. The lowest BCUT2D eigenvalue weighted by molar-refractivity contribution is -0.122. The van der Waals surface area contributed by atoms with E-state index in [4.69, 9.17) is 0 Å². The molecule has 0 spiro atoms. The van der Waals surface area contributed by atoms with Gasteiger partial charge in [-0.2, -0.15) is 5.26 Å². The summed E-state index contributed by atoms with van der Waals surface area (Å²) in [5, 5.41) is 12.3. The molecule has 1 fully saturated rings. The first-order valence-corrected chi connectivity index (χ1v) is 7.35. The van der Waals surface area contributed by atoms with Crippen LogP contribution in [-0.4, -0.2) is 11.9 Å². The van der Waals surface area contributed by atoms with Gasteiger partial charge in [0, 0.05) is 6.04 Å². The topological polar surface area (TPSA) is 52.9 Å². The van der Waals surface area contributed by atoms with E-state index < -0.39 is 5.92 Å². The Hall–Kier alpha value is -1.82. The van der Waals surface area contributed by atoms with Crippen LogP contribution in [0.2, 0.25) is 0 Å². The van der Waals surface area contributed by atoms with Gasteiger partial charge in [-0.15, -0.1) is 0 Å². The van der Waals surface area contributed by atoms with Crippen LogP contribution in [0.1, 0.15) is 44.6 Å². The highest BCUT2D eigenvalue weighted by molar-refractivity contribution is 5.86. The molecule has 3 heteroatoms. The number of carbonyl (C=O) groups is 1. The van der Waals surface area contributed by atoms with E-state index in [0.29, 0.717) is 11.8 Å². The second-order valence-corrected chi connectivity index (χ2v) is 6.10. The molecular formula is C17H22N2O. The summed E-state index contributed by atoms with van der Waals surface area (Å²) < 4.78 is 0. The van der Waals surface area contributed by atoms with Crippen molar-refractivity contribution in [3.8, 4) is 6.07 Å². The first-order valence-electron chi connectivity index (χ1n) is 7.35. The lowest BCUT2D eigenvalue weighted by Gasteiger charge is -2.32. The fourth-order valence-electron chi connectivity index (χ4n) is 3.28. The maximum atomic E-state index is 12.3. The van der Waals surface area contributed by atoms with Gasteiger partial charge in [-0.25, -0.2) is 0 Å². The largest absolute Gasteiger partial charge is 0.352 e. The van der Waals surface area contributed by atoms with E-state index in [0.717, 1.165) is 18.4 Å². The number of rotatable bonds is 3. The average molecular weight is 270 g/mol. The first kappa shape index (κ1) is 14.6. The van der Waals surface area contributed by atoms with Crippen molar-refractivity contribution in [2.45, 2.75) is 45.1 Å². The molecule has 0 aromatic heterocycles. The van der Waals surface area contributed by atoms with Crippen LogP contribution >= 0.6 is 0 Å². The maximum Gasteiger partial charge on any atom is 0.242 e. The lowest BCUT2D eigenvalue weighted by atomic mass is 9.80. The quantitative estimate of drug-likeness (QED) is 0.916. The van der Waals surface area contributed by atoms with E-state index in [2.05, 4.69) is 25.2 Å². The van der Waals surface area contributed by atoms with E-state index in [-0.39, 0.29) is 11.9 Å². The Balaban J connectivity index is 2.02. The van der Waals surface area contributed by atoms with Gasteiger partial charge >= 0.3 is 0 Å². The zero-order valence-electron chi connectivity index (χ0n) is 12.2. The molecule has 0 saturated heterocycles. The van der Waals surface area contributed by atoms with Crippen molar-refractivity contribution >= 4 is 5.91 Å². The van der Waals surface area contributed by atoms with Crippen LogP contribution in [0.25, 0.3) is 0 Å². The second-order valence-electron chi connectivity index (χ2n) is 6.10. The Morgan fingerprint density at radius 1 is 1.20 bits per heavy atom. The van der Waals surface area contributed by atoms with Crippen molar-refractivity contribution in [1.82, 2.24) is 5.32 Å². The summed E-state index contributed by atoms with van der Waals surface area (Å²) >= 11 is 0. The minimum atomic E-state index is -0.705. The van der Waals surface area contributed by atoms with E-state index in [1.165, 1.54) is 6.42 Å². The Labute approximate surface area is 121 Å². The molecular weight excluding hydrogens is 248 g/mol. The molecule has 1 aliphatic rings. The molecule has 1 aromatic rings. The highest BCUT2D eigenvalue weighted by Crippen LogP contribution is 2.29. The molecule has 0 radical (unpaired) electrons. The summed E-state index contributed by atoms with van der Waals surface area (Å²) in [5.41, 5.74) is 0.768. The van der Waals surface area contributed by atoms with Crippen LogP contribution in [0, 0.1) is 23.2 Å². The number of hydrogen-bond donors (Lipinski definition) is 1. The van der Waals surface area contributed by atoms with Gasteiger partial charge in [-0.3, -0.25) is 4.79 Å². The molecule has 3 nitrogen and oxygen atoms in total. The predicted molar refractivity (Wildman–Crippen MR) is 78.9 cm³/mol. The van der Waals surface area contributed by atoms with Crippen molar-refractivity contribution in [3.63, 3.8) is 0 Å². The van der Waals surface area contributed by atoms with Gasteiger partial charge in [0.05, 0.1) is 6.07 Å². The summed E-state index contributed by atoms with van der Waals surface area (Å²) in [4.78, 5) is 12.3. The molecule has 20 heavy (non-hydrogen) atoms. The van der Waals surface area contributed by atoms with Gasteiger partial charge in [-0.05, 0) is 36.7 Å². The number of carbonyl (C=O) groups excluding carboxylic acids is 1. The smallest absolute Gasteiger partial charge is 0.242 e. The summed E-state index contributed by atoms with van der Waals surface area (Å²) in [6.07, 6.45) is 3.26. The fourth-order valence-corrected chi connectivity index (χ4v) is 3.28. The minimum absolute atomic E-state index is 0.162. The van der Waals surface area contributed by atoms with Crippen molar-refractivity contribution < 1.29 is 4.79 Å². The van der Waals surface area contributed by atoms with Crippen molar-refractivity contribution in [2.24, 2.45) is 11.8 Å². The van der Waals surface area contributed by atoms with Gasteiger partial charge in [0.15, 0.2) is 0 Å². The molecule has 0 bridgehead atoms. The van der Waals surface area contributed by atoms with Crippen molar-refractivity contribution in [2.75, 3.05) is 0 Å². The van der Waals surface area contributed by atoms with Crippen molar-refractivity contribution in [3.05, 3.63) is 35.9 Å². The molecule has 1 N–H and O–H groups in total. The zero-order valence-corrected chi connectivity index (χ0v) is 12.2. The highest BCUT2D eigenvalue weighted by atomic mass is 16.1. The van der Waals surface area contributed by atoms with Crippen LogP contribution in [0.4, 0.5) is 0 Å². The molecule has 2 rings (SSSR count). The third-order valence-corrected chi connectivity index (χ3v) is 4.05. The van der Waals surface area contributed by atoms with E-state index in [9.17, 15) is 10.1 Å². The molecule has 3 unspecified atom stereocenters. The third kappa shape index (κ3) is 3.60. The van der Waals surface area contributed by atoms with E-state index in [1.807, 2.05) is 30.3 Å². The lowest BCUT2D eigenvalue weighted by Crippen LogP contribution is -2.42. The summed E-state index contributed by atoms with van der Waals surface area (Å²) in [6.45, 7) is 4.46. The van der Waals surface area contributed by atoms with Gasteiger partial charge in [-0.1, -0.05) is 44.2 Å². The van der Waals surface area contributed by atoms with Crippen LogP contribution in [0.15, 0.2) is 30.3 Å². The van der Waals surface area contributed by atoms with E-state index >= 15 is 0 Å². The van der Waals surface area contributed by atoms with E-state index in [1.54, 1.807) is 0 Å². The number of nitriles is 1. The van der Waals surface area contributed by atoms with Gasteiger partial charge < -0.3 is 5.32 Å². The predicted octanol–water partition coefficient (Wildman–Crippen LogP) is 3.23. The second kappa shape index (κ2) is 6.56.